The molecule has 0 fully saturated rings. The number of aryl methyl sites for hydroxylation is 1. The van der Waals surface area contributed by atoms with Crippen LogP contribution in [0.5, 0.6) is 11.5 Å². The van der Waals surface area contributed by atoms with Crippen LogP contribution in [0, 0.1) is 6.92 Å². The minimum Gasteiger partial charge on any atom is -0.497 e. The van der Waals surface area contributed by atoms with Crippen LogP contribution in [0.1, 0.15) is 11.1 Å². The van der Waals surface area contributed by atoms with Gasteiger partial charge in [0, 0.05) is 0 Å². The van der Waals surface area contributed by atoms with Crippen LogP contribution in [0.25, 0.3) is 0 Å². The van der Waals surface area contributed by atoms with E-state index in [0.29, 0.717) is 5.75 Å². The second kappa shape index (κ2) is 6.05. The summed E-state index contributed by atoms with van der Waals surface area (Å²) in [7, 11) is 1.61. The van der Waals surface area contributed by atoms with Gasteiger partial charge in [-0.15, -0.1) is 0 Å². The van der Waals surface area contributed by atoms with Gasteiger partial charge in [0.15, 0.2) is 0 Å². The summed E-state index contributed by atoms with van der Waals surface area (Å²) in [6.07, 6.45) is 0.248. The number of rotatable bonds is 4. The molecule has 0 N–H and O–H groups in total. The molecule has 2 rings (SSSR count). The van der Waals surface area contributed by atoms with Crippen LogP contribution in [0.3, 0.4) is 0 Å². The normalized spacial score (nSPS) is 10.0. The van der Waals surface area contributed by atoms with E-state index >= 15 is 0 Å². The van der Waals surface area contributed by atoms with Gasteiger partial charge in [-0.2, -0.15) is 0 Å². The first kappa shape index (κ1) is 13.1. The van der Waals surface area contributed by atoms with Gasteiger partial charge in [-0.3, -0.25) is 4.79 Å². The summed E-state index contributed by atoms with van der Waals surface area (Å²) >= 11 is 0. The van der Waals surface area contributed by atoms with Crippen LogP contribution >= 0.6 is 0 Å². The molecule has 0 atom stereocenters. The Labute approximate surface area is 112 Å². The summed E-state index contributed by atoms with van der Waals surface area (Å²) in [5.74, 6) is 1.09. The molecule has 0 unspecified atom stereocenters. The number of hydrogen-bond donors (Lipinski definition) is 0. The molecule has 0 heterocycles. The highest BCUT2D eigenvalue weighted by Gasteiger charge is 2.06. The van der Waals surface area contributed by atoms with Crippen LogP contribution < -0.4 is 9.47 Å². The highest BCUT2D eigenvalue weighted by atomic mass is 16.5. The molecule has 0 aliphatic heterocycles. The lowest BCUT2D eigenvalue weighted by molar-refractivity contribution is -0.133. The Balaban J connectivity index is 1.97. The van der Waals surface area contributed by atoms with Gasteiger partial charge in [0.2, 0.25) is 0 Å². The number of carbonyl (C=O) groups is 1. The molecule has 0 aromatic heterocycles. The van der Waals surface area contributed by atoms with Gasteiger partial charge in [-0.1, -0.05) is 24.3 Å². The molecule has 3 nitrogen and oxygen atoms in total. The molecular formula is C16H16O3. The third-order valence-electron chi connectivity index (χ3n) is 2.73. The predicted octanol–water partition coefficient (Wildman–Crippen LogP) is 3.15. The summed E-state index contributed by atoms with van der Waals surface area (Å²) in [6, 6.07) is 14.8. The van der Waals surface area contributed by atoms with Gasteiger partial charge >= 0.3 is 5.97 Å². The standard InChI is InChI=1S/C16H16O3/c1-12-4-3-5-15(10-12)19-16(17)11-13-6-8-14(18-2)9-7-13/h3-10H,11H2,1-2H3. The summed E-state index contributed by atoms with van der Waals surface area (Å²) in [5, 5.41) is 0. The lowest BCUT2D eigenvalue weighted by Gasteiger charge is -2.06. The summed E-state index contributed by atoms with van der Waals surface area (Å²) < 4.78 is 10.4. The van der Waals surface area contributed by atoms with Crippen molar-refractivity contribution >= 4 is 5.97 Å². The Morgan fingerprint density at radius 1 is 1.05 bits per heavy atom. The smallest absolute Gasteiger partial charge is 0.315 e. The fraction of sp³-hybridized carbons (Fsp3) is 0.188. The van der Waals surface area contributed by atoms with Gasteiger partial charge in [0.1, 0.15) is 11.5 Å². The van der Waals surface area contributed by atoms with Crippen LogP contribution in [0.15, 0.2) is 48.5 Å². The second-order valence-electron chi connectivity index (χ2n) is 4.32. The average Bonchev–Trinajstić information content (AvgIpc) is 2.39. The largest absolute Gasteiger partial charge is 0.497 e. The first-order valence-corrected chi connectivity index (χ1v) is 6.07. The zero-order valence-electron chi connectivity index (χ0n) is 11.1. The van der Waals surface area contributed by atoms with Crippen LogP contribution in [0.2, 0.25) is 0 Å². The van der Waals surface area contributed by atoms with Crippen molar-refractivity contribution in [1.82, 2.24) is 0 Å². The zero-order chi connectivity index (χ0) is 13.7. The van der Waals surface area contributed by atoms with Crippen molar-refractivity contribution in [3.05, 3.63) is 59.7 Å². The van der Waals surface area contributed by atoms with Crippen molar-refractivity contribution in [2.45, 2.75) is 13.3 Å². The van der Waals surface area contributed by atoms with Gasteiger partial charge in [0.25, 0.3) is 0 Å². The molecular weight excluding hydrogens is 240 g/mol. The minimum atomic E-state index is -0.268. The zero-order valence-corrected chi connectivity index (χ0v) is 11.1. The molecule has 19 heavy (non-hydrogen) atoms. The fourth-order valence-electron chi connectivity index (χ4n) is 1.76. The van der Waals surface area contributed by atoms with E-state index in [1.165, 1.54) is 0 Å². The number of carbonyl (C=O) groups excluding carboxylic acids is 1. The van der Waals surface area contributed by atoms with Gasteiger partial charge < -0.3 is 9.47 Å². The number of methoxy groups -OCH3 is 1. The molecule has 0 saturated carbocycles. The predicted molar refractivity (Wildman–Crippen MR) is 73.5 cm³/mol. The Morgan fingerprint density at radius 2 is 1.79 bits per heavy atom. The Morgan fingerprint density at radius 3 is 2.42 bits per heavy atom. The van der Waals surface area contributed by atoms with Gasteiger partial charge in [-0.25, -0.2) is 0 Å². The number of hydrogen-bond acceptors (Lipinski definition) is 3. The quantitative estimate of drug-likeness (QED) is 0.622. The maximum Gasteiger partial charge on any atom is 0.315 e. The highest BCUT2D eigenvalue weighted by molar-refractivity contribution is 5.75. The number of esters is 1. The molecule has 98 valence electrons. The van der Waals surface area contributed by atoms with E-state index in [1.807, 2.05) is 49.4 Å². The van der Waals surface area contributed by atoms with E-state index < -0.39 is 0 Å². The maximum absolute atomic E-state index is 11.8. The first-order chi connectivity index (χ1) is 9.17. The minimum absolute atomic E-state index is 0.248. The summed E-state index contributed by atoms with van der Waals surface area (Å²) in [5.41, 5.74) is 1.97. The van der Waals surface area contributed by atoms with E-state index in [0.717, 1.165) is 16.9 Å². The van der Waals surface area contributed by atoms with E-state index in [-0.39, 0.29) is 12.4 Å². The van der Waals surface area contributed by atoms with Crippen molar-refractivity contribution < 1.29 is 14.3 Å². The topological polar surface area (TPSA) is 35.5 Å². The van der Waals surface area contributed by atoms with E-state index in [1.54, 1.807) is 13.2 Å². The van der Waals surface area contributed by atoms with Crippen LogP contribution in [-0.2, 0) is 11.2 Å². The van der Waals surface area contributed by atoms with Gasteiger partial charge in [-0.05, 0) is 42.3 Å². The number of benzene rings is 2. The Kier molecular flexibility index (Phi) is 4.18. The lowest BCUT2D eigenvalue weighted by atomic mass is 10.1. The Bertz CT molecular complexity index is 558. The van der Waals surface area contributed by atoms with Crippen molar-refractivity contribution in [3.8, 4) is 11.5 Å². The molecule has 0 spiro atoms. The molecule has 0 amide bonds. The molecule has 2 aromatic rings. The van der Waals surface area contributed by atoms with Gasteiger partial charge in [0.05, 0.1) is 13.5 Å². The molecule has 0 aliphatic rings. The molecule has 0 bridgehead atoms. The van der Waals surface area contributed by atoms with Crippen LogP contribution in [-0.4, -0.2) is 13.1 Å². The molecule has 3 heteroatoms. The van der Waals surface area contributed by atoms with Crippen molar-refractivity contribution in [2.24, 2.45) is 0 Å². The summed E-state index contributed by atoms with van der Waals surface area (Å²) in [4.78, 5) is 11.8. The maximum atomic E-state index is 11.8. The second-order valence-corrected chi connectivity index (χ2v) is 4.32. The number of ether oxygens (including phenoxy) is 2. The first-order valence-electron chi connectivity index (χ1n) is 6.07. The van der Waals surface area contributed by atoms with E-state index in [4.69, 9.17) is 9.47 Å². The van der Waals surface area contributed by atoms with Crippen molar-refractivity contribution in [2.75, 3.05) is 7.11 Å². The van der Waals surface area contributed by atoms with Crippen LogP contribution in [0.4, 0.5) is 0 Å². The van der Waals surface area contributed by atoms with Crippen molar-refractivity contribution in [1.29, 1.82) is 0 Å². The molecule has 0 saturated heterocycles. The average molecular weight is 256 g/mol. The van der Waals surface area contributed by atoms with Crippen molar-refractivity contribution in [3.63, 3.8) is 0 Å². The molecule has 2 aromatic carbocycles. The SMILES string of the molecule is COc1ccc(CC(=O)Oc2cccc(C)c2)cc1. The summed E-state index contributed by atoms with van der Waals surface area (Å²) in [6.45, 7) is 1.96. The fourth-order valence-corrected chi connectivity index (χ4v) is 1.76. The highest BCUT2D eigenvalue weighted by Crippen LogP contribution is 2.15. The molecule has 0 aliphatic carbocycles. The Hall–Kier alpha value is -2.29. The lowest BCUT2D eigenvalue weighted by Crippen LogP contribution is -2.11. The molecule has 0 radical (unpaired) electrons. The third-order valence-corrected chi connectivity index (χ3v) is 2.73. The van der Waals surface area contributed by atoms with E-state index in [9.17, 15) is 4.79 Å². The monoisotopic (exact) mass is 256 g/mol. The van der Waals surface area contributed by atoms with E-state index in [2.05, 4.69) is 0 Å². The third kappa shape index (κ3) is 3.85.